The minimum Gasteiger partial charge on any atom is -0.449 e. The number of carbonyl (C=O) groups is 4. The van der Waals surface area contributed by atoms with Crippen molar-refractivity contribution in [1.82, 2.24) is 9.97 Å². The second kappa shape index (κ2) is 9.82. The zero-order chi connectivity index (χ0) is 25.9. The first kappa shape index (κ1) is 23.6. The number of benzene rings is 3. The molecule has 1 aromatic heterocycles. The Hall–Kier alpha value is -5.18. The van der Waals surface area contributed by atoms with Gasteiger partial charge in [0.15, 0.2) is 17.7 Å². The molecule has 1 aliphatic rings. The van der Waals surface area contributed by atoms with Gasteiger partial charge in [-0.25, -0.2) is 14.8 Å². The van der Waals surface area contributed by atoms with Crippen LogP contribution in [0.4, 0.5) is 17.3 Å². The van der Waals surface area contributed by atoms with E-state index in [1.54, 1.807) is 79.1 Å². The summed E-state index contributed by atoms with van der Waals surface area (Å²) in [6.45, 7) is 1.42. The fourth-order valence-corrected chi connectivity index (χ4v) is 3.98. The van der Waals surface area contributed by atoms with Crippen LogP contribution in [0.2, 0.25) is 0 Å². The van der Waals surface area contributed by atoms with Crippen molar-refractivity contribution in [2.24, 2.45) is 0 Å². The molecule has 0 spiro atoms. The Labute approximate surface area is 211 Å². The summed E-state index contributed by atoms with van der Waals surface area (Å²) in [5.41, 5.74) is 1.87. The van der Waals surface area contributed by atoms with Gasteiger partial charge in [0, 0.05) is 34.8 Å². The van der Waals surface area contributed by atoms with E-state index < -0.39 is 18.0 Å². The average molecular weight is 492 g/mol. The highest BCUT2D eigenvalue weighted by molar-refractivity contribution is 6.30. The zero-order valence-corrected chi connectivity index (χ0v) is 19.6. The van der Waals surface area contributed by atoms with Crippen molar-refractivity contribution in [3.8, 4) is 0 Å². The lowest BCUT2D eigenvalue weighted by atomic mass is 9.83. The SMILES string of the molecule is C[C@H](OC(=O)c1cccc(Nc2ncccn2)c1)C(=O)Nc1cccc2c1C(=O)c1ccccc1C2=O. The number of hydrogen-bond acceptors (Lipinski definition) is 8. The monoisotopic (exact) mass is 492 g/mol. The third-order valence-electron chi connectivity index (χ3n) is 5.78. The van der Waals surface area contributed by atoms with Crippen molar-refractivity contribution in [2.45, 2.75) is 13.0 Å². The normalized spacial score (nSPS) is 12.7. The summed E-state index contributed by atoms with van der Waals surface area (Å²) in [7, 11) is 0. The molecule has 1 aliphatic carbocycles. The number of carbonyl (C=O) groups excluding carboxylic acids is 4. The van der Waals surface area contributed by atoms with E-state index in [0.717, 1.165) is 0 Å². The largest absolute Gasteiger partial charge is 0.449 e. The van der Waals surface area contributed by atoms with Crippen LogP contribution in [0.25, 0.3) is 0 Å². The molecule has 0 bridgehead atoms. The van der Waals surface area contributed by atoms with Gasteiger partial charge in [0.05, 0.1) is 16.8 Å². The van der Waals surface area contributed by atoms with Gasteiger partial charge in [-0.2, -0.15) is 0 Å². The van der Waals surface area contributed by atoms with E-state index in [4.69, 9.17) is 4.74 Å². The van der Waals surface area contributed by atoms with E-state index in [2.05, 4.69) is 20.6 Å². The molecule has 1 heterocycles. The molecule has 0 unspecified atom stereocenters. The Morgan fingerprint density at radius 3 is 2.24 bits per heavy atom. The molecule has 1 amide bonds. The fourth-order valence-electron chi connectivity index (χ4n) is 3.98. The Morgan fingerprint density at radius 1 is 0.811 bits per heavy atom. The molecule has 182 valence electrons. The van der Waals surface area contributed by atoms with Crippen LogP contribution in [0.1, 0.15) is 49.1 Å². The number of aromatic nitrogens is 2. The summed E-state index contributed by atoms with van der Waals surface area (Å²) in [5.74, 6) is -1.65. The highest BCUT2D eigenvalue weighted by atomic mass is 16.5. The molecule has 0 aliphatic heterocycles. The Kier molecular flexibility index (Phi) is 6.25. The molecule has 5 rings (SSSR count). The van der Waals surface area contributed by atoms with Crippen LogP contribution >= 0.6 is 0 Å². The summed E-state index contributed by atoms with van der Waals surface area (Å²) in [6.07, 6.45) is 1.98. The third-order valence-corrected chi connectivity index (χ3v) is 5.78. The third kappa shape index (κ3) is 4.70. The first-order chi connectivity index (χ1) is 17.9. The number of amides is 1. The average Bonchev–Trinajstić information content (AvgIpc) is 2.92. The number of hydrogen-bond donors (Lipinski definition) is 2. The van der Waals surface area contributed by atoms with Crippen LogP contribution in [0.15, 0.2) is 85.2 Å². The predicted octanol–water partition coefficient (Wildman–Crippen LogP) is 4.18. The Bertz CT molecular complexity index is 1550. The van der Waals surface area contributed by atoms with Gasteiger partial charge in [-0.1, -0.05) is 42.5 Å². The summed E-state index contributed by atoms with van der Waals surface area (Å²) in [5, 5.41) is 5.62. The molecule has 0 radical (unpaired) electrons. The maximum atomic E-state index is 13.1. The number of nitrogens with zero attached hydrogens (tertiary/aromatic N) is 2. The first-order valence-electron chi connectivity index (χ1n) is 11.4. The smallest absolute Gasteiger partial charge is 0.338 e. The van der Waals surface area contributed by atoms with Crippen molar-refractivity contribution in [3.05, 3.63) is 113 Å². The van der Waals surface area contributed by atoms with E-state index in [1.165, 1.54) is 13.0 Å². The second-order valence-electron chi connectivity index (χ2n) is 8.25. The van der Waals surface area contributed by atoms with E-state index in [0.29, 0.717) is 17.2 Å². The van der Waals surface area contributed by atoms with Gasteiger partial charge in [0.25, 0.3) is 5.91 Å². The molecule has 0 saturated heterocycles. The number of rotatable bonds is 6. The standard InChI is InChI=1S/C28H20N4O5/c1-16(37-27(36)17-7-4-8-18(15-17)31-28-29-13-6-14-30-28)26(35)32-22-12-5-11-21-23(22)25(34)20-10-3-2-9-19(20)24(21)33/h2-16H,1H3,(H,32,35)(H,29,30,31)/t16-/m0/s1. The highest BCUT2D eigenvalue weighted by Gasteiger charge is 2.32. The summed E-state index contributed by atoms with van der Waals surface area (Å²) in [4.78, 5) is 59.8. The lowest BCUT2D eigenvalue weighted by Crippen LogP contribution is -2.31. The summed E-state index contributed by atoms with van der Waals surface area (Å²) < 4.78 is 5.36. The van der Waals surface area contributed by atoms with E-state index in [-0.39, 0.29) is 39.5 Å². The predicted molar refractivity (Wildman–Crippen MR) is 135 cm³/mol. The Morgan fingerprint density at radius 2 is 1.49 bits per heavy atom. The summed E-state index contributed by atoms with van der Waals surface area (Å²) in [6, 6.07) is 19.4. The van der Waals surface area contributed by atoms with Crippen molar-refractivity contribution in [1.29, 1.82) is 0 Å². The molecule has 1 atom stereocenters. The van der Waals surface area contributed by atoms with Gasteiger partial charge in [-0.3, -0.25) is 14.4 Å². The highest BCUT2D eigenvalue weighted by Crippen LogP contribution is 2.32. The minimum atomic E-state index is -1.18. The van der Waals surface area contributed by atoms with Gasteiger partial charge in [-0.15, -0.1) is 0 Å². The van der Waals surface area contributed by atoms with Crippen molar-refractivity contribution >= 4 is 40.8 Å². The van der Waals surface area contributed by atoms with Crippen LogP contribution in [-0.2, 0) is 9.53 Å². The maximum Gasteiger partial charge on any atom is 0.338 e. The number of fused-ring (bicyclic) bond motifs is 2. The van der Waals surface area contributed by atoms with Gasteiger partial charge in [0.2, 0.25) is 5.95 Å². The molecule has 0 saturated carbocycles. The van der Waals surface area contributed by atoms with Gasteiger partial charge >= 0.3 is 5.97 Å². The maximum absolute atomic E-state index is 13.1. The molecular weight excluding hydrogens is 472 g/mol. The van der Waals surface area contributed by atoms with Crippen molar-refractivity contribution < 1.29 is 23.9 Å². The van der Waals surface area contributed by atoms with E-state index in [9.17, 15) is 19.2 Å². The molecule has 9 heteroatoms. The van der Waals surface area contributed by atoms with Crippen LogP contribution in [-0.4, -0.2) is 39.5 Å². The van der Waals surface area contributed by atoms with E-state index >= 15 is 0 Å². The zero-order valence-electron chi connectivity index (χ0n) is 19.6. The molecule has 3 aromatic carbocycles. The van der Waals surface area contributed by atoms with Crippen LogP contribution in [0, 0.1) is 0 Å². The van der Waals surface area contributed by atoms with E-state index in [1.807, 2.05) is 0 Å². The van der Waals surface area contributed by atoms with Gasteiger partial charge < -0.3 is 15.4 Å². The van der Waals surface area contributed by atoms with Gasteiger partial charge in [-0.05, 0) is 37.3 Å². The number of esters is 1. The number of anilines is 3. The topological polar surface area (TPSA) is 127 Å². The molecule has 9 nitrogen and oxygen atoms in total. The molecule has 0 fully saturated rings. The van der Waals surface area contributed by atoms with Crippen molar-refractivity contribution in [2.75, 3.05) is 10.6 Å². The van der Waals surface area contributed by atoms with Crippen molar-refractivity contribution in [3.63, 3.8) is 0 Å². The lowest BCUT2D eigenvalue weighted by molar-refractivity contribution is -0.123. The molecule has 37 heavy (non-hydrogen) atoms. The fraction of sp³-hybridized carbons (Fsp3) is 0.0714. The number of nitrogens with one attached hydrogen (secondary N) is 2. The molecule has 2 N–H and O–H groups in total. The van der Waals surface area contributed by atoms with Crippen LogP contribution in [0.5, 0.6) is 0 Å². The lowest BCUT2D eigenvalue weighted by Gasteiger charge is -2.21. The molecule has 4 aromatic rings. The molecular formula is C28H20N4O5. The second-order valence-corrected chi connectivity index (χ2v) is 8.25. The Balaban J connectivity index is 1.30. The quantitative estimate of drug-likeness (QED) is 0.338. The summed E-state index contributed by atoms with van der Waals surface area (Å²) >= 11 is 0. The minimum absolute atomic E-state index is 0.111. The van der Waals surface area contributed by atoms with Crippen LogP contribution < -0.4 is 10.6 Å². The van der Waals surface area contributed by atoms with Gasteiger partial charge in [0.1, 0.15) is 0 Å². The first-order valence-corrected chi connectivity index (χ1v) is 11.4. The number of ketones is 2. The number of ether oxygens (including phenoxy) is 1. The van der Waals surface area contributed by atoms with Crippen LogP contribution in [0.3, 0.4) is 0 Å².